The van der Waals surface area contributed by atoms with Crippen LogP contribution in [0.4, 0.5) is 5.69 Å². The first kappa shape index (κ1) is 15.4. The molecule has 3 heteroatoms. The Balaban J connectivity index is 1.57. The number of aryl methyl sites for hydroxylation is 3. The van der Waals surface area contributed by atoms with Crippen LogP contribution in [-0.2, 0) is 13.0 Å². The van der Waals surface area contributed by atoms with Crippen molar-refractivity contribution in [1.82, 2.24) is 4.98 Å². The second-order valence-electron chi connectivity index (χ2n) is 6.67. The number of anilines is 1. The van der Waals surface area contributed by atoms with Crippen LogP contribution in [0.2, 0.25) is 0 Å². The van der Waals surface area contributed by atoms with Crippen LogP contribution in [0.5, 0.6) is 0 Å². The third kappa shape index (κ3) is 3.09. The zero-order valence-electron chi connectivity index (χ0n) is 14.2. The van der Waals surface area contributed by atoms with Crippen molar-refractivity contribution in [2.24, 2.45) is 0 Å². The fourth-order valence-electron chi connectivity index (χ4n) is 3.45. The van der Waals surface area contributed by atoms with Gasteiger partial charge in [0, 0.05) is 23.2 Å². The van der Waals surface area contributed by atoms with Crippen LogP contribution >= 0.6 is 11.3 Å². The minimum atomic E-state index is 0.901. The number of nitrogens with zero attached hydrogens (tertiary/aromatic N) is 2. The van der Waals surface area contributed by atoms with E-state index in [-0.39, 0.29) is 0 Å². The molecule has 2 aromatic carbocycles. The maximum absolute atomic E-state index is 4.88. The van der Waals surface area contributed by atoms with Crippen molar-refractivity contribution in [3.8, 4) is 10.6 Å². The van der Waals surface area contributed by atoms with Gasteiger partial charge >= 0.3 is 0 Å². The topological polar surface area (TPSA) is 16.1 Å². The van der Waals surface area contributed by atoms with E-state index >= 15 is 0 Å². The van der Waals surface area contributed by atoms with Gasteiger partial charge in [-0.2, -0.15) is 0 Å². The highest BCUT2D eigenvalue weighted by Gasteiger charge is 2.18. The van der Waals surface area contributed by atoms with E-state index in [0.29, 0.717) is 0 Å². The summed E-state index contributed by atoms with van der Waals surface area (Å²) in [5.74, 6) is 0. The molecule has 2 nitrogen and oxygen atoms in total. The van der Waals surface area contributed by atoms with E-state index in [2.05, 4.69) is 66.6 Å². The lowest BCUT2D eigenvalue weighted by molar-refractivity contribution is 0.685. The first-order chi connectivity index (χ1) is 11.7. The molecule has 0 saturated carbocycles. The van der Waals surface area contributed by atoms with Gasteiger partial charge in [0.2, 0.25) is 0 Å². The van der Waals surface area contributed by atoms with Gasteiger partial charge in [-0.15, -0.1) is 11.3 Å². The van der Waals surface area contributed by atoms with Crippen LogP contribution in [-0.4, -0.2) is 11.5 Å². The molecule has 0 saturated heterocycles. The number of rotatable bonds is 3. The molecule has 0 N–H and O–H groups in total. The summed E-state index contributed by atoms with van der Waals surface area (Å²) >= 11 is 1.75. The Morgan fingerprint density at radius 2 is 1.96 bits per heavy atom. The van der Waals surface area contributed by atoms with Gasteiger partial charge in [0.1, 0.15) is 5.01 Å². The molecule has 1 aromatic heterocycles. The van der Waals surface area contributed by atoms with E-state index in [1.807, 2.05) is 0 Å². The van der Waals surface area contributed by atoms with Gasteiger partial charge in [0.25, 0.3) is 0 Å². The highest BCUT2D eigenvalue weighted by Crippen LogP contribution is 2.30. The summed E-state index contributed by atoms with van der Waals surface area (Å²) in [6.45, 7) is 6.32. The molecular weight excluding hydrogens is 312 g/mol. The van der Waals surface area contributed by atoms with Crippen LogP contribution < -0.4 is 4.90 Å². The first-order valence-corrected chi connectivity index (χ1v) is 9.43. The molecule has 1 aliphatic heterocycles. The predicted octanol–water partition coefficient (Wildman–Crippen LogP) is 5.38. The molecule has 0 aliphatic carbocycles. The molecule has 2 heterocycles. The molecule has 3 aromatic rings. The maximum Gasteiger partial charge on any atom is 0.123 e. The summed E-state index contributed by atoms with van der Waals surface area (Å²) < 4.78 is 0. The molecule has 24 heavy (non-hydrogen) atoms. The smallest absolute Gasteiger partial charge is 0.123 e. The summed E-state index contributed by atoms with van der Waals surface area (Å²) in [6, 6.07) is 15.4. The van der Waals surface area contributed by atoms with Crippen molar-refractivity contribution in [3.05, 3.63) is 70.2 Å². The van der Waals surface area contributed by atoms with Gasteiger partial charge in [0.15, 0.2) is 0 Å². The van der Waals surface area contributed by atoms with Gasteiger partial charge in [-0.3, -0.25) is 0 Å². The van der Waals surface area contributed by atoms with Crippen LogP contribution in [0.3, 0.4) is 0 Å². The average molecular weight is 334 g/mol. The van der Waals surface area contributed by atoms with Gasteiger partial charge in [-0.25, -0.2) is 4.98 Å². The summed E-state index contributed by atoms with van der Waals surface area (Å²) in [6.07, 6.45) is 2.42. The molecule has 0 bridgehead atoms. The minimum Gasteiger partial charge on any atom is -0.365 e. The molecule has 1 aliphatic rings. The summed E-state index contributed by atoms with van der Waals surface area (Å²) in [5, 5.41) is 3.33. The normalized spacial score (nSPS) is 13.8. The molecule has 122 valence electrons. The molecule has 0 radical (unpaired) electrons. The van der Waals surface area contributed by atoms with Crippen LogP contribution in [0, 0.1) is 13.8 Å². The van der Waals surface area contributed by atoms with Crippen molar-refractivity contribution in [3.63, 3.8) is 0 Å². The minimum absolute atomic E-state index is 0.901. The van der Waals surface area contributed by atoms with Crippen LogP contribution in [0.1, 0.15) is 28.8 Å². The van der Waals surface area contributed by atoms with E-state index in [1.54, 1.807) is 11.3 Å². The predicted molar refractivity (Wildman–Crippen MR) is 103 cm³/mol. The van der Waals surface area contributed by atoms with E-state index in [0.717, 1.165) is 18.1 Å². The lowest BCUT2D eigenvalue weighted by atomic mass is 9.99. The van der Waals surface area contributed by atoms with Gasteiger partial charge < -0.3 is 4.90 Å². The largest absolute Gasteiger partial charge is 0.365 e. The average Bonchev–Trinajstić information content (AvgIpc) is 3.03. The van der Waals surface area contributed by atoms with Crippen molar-refractivity contribution in [1.29, 1.82) is 0 Å². The van der Waals surface area contributed by atoms with E-state index in [9.17, 15) is 0 Å². The molecule has 4 rings (SSSR count). The van der Waals surface area contributed by atoms with Crippen molar-refractivity contribution in [2.45, 2.75) is 33.2 Å². The van der Waals surface area contributed by atoms with E-state index < -0.39 is 0 Å². The van der Waals surface area contributed by atoms with Crippen molar-refractivity contribution >= 4 is 17.0 Å². The second kappa shape index (κ2) is 6.40. The maximum atomic E-state index is 4.88. The van der Waals surface area contributed by atoms with Crippen LogP contribution in [0.15, 0.2) is 47.8 Å². The SMILES string of the molecule is Cc1cccc(-c2nc(CN3CCCc4cc(C)ccc43)cs2)c1. The number of thiazole rings is 1. The molecule has 0 unspecified atom stereocenters. The Labute approximate surface area is 147 Å². The third-order valence-electron chi connectivity index (χ3n) is 4.62. The molecular formula is C21H22N2S. The molecule has 0 spiro atoms. The molecule has 0 amide bonds. The Morgan fingerprint density at radius 3 is 2.83 bits per heavy atom. The zero-order valence-corrected chi connectivity index (χ0v) is 15.1. The highest BCUT2D eigenvalue weighted by molar-refractivity contribution is 7.13. The quantitative estimate of drug-likeness (QED) is 0.639. The fraction of sp³-hybridized carbons (Fsp3) is 0.286. The number of benzene rings is 2. The first-order valence-electron chi connectivity index (χ1n) is 8.55. The number of aromatic nitrogens is 1. The van der Waals surface area contributed by atoms with E-state index in [1.165, 1.54) is 46.5 Å². The zero-order chi connectivity index (χ0) is 16.5. The Kier molecular flexibility index (Phi) is 4.11. The highest BCUT2D eigenvalue weighted by atomic mass is 32.1. The Bertz CT molecular complexity index is 866. The van der Waals surface area contributed by atoms with Crippen molar-refractivity contribution in [2.75, 3.05) is 11.4 Å². The standard InChI is InChI=1S/C21H22N2S/c1-15-5-3-6-18(12-15)21-22-19(14-24-21)13-23-10-4-7-17-11-16(2)8-9-20(17)23/h3,5-6,8-9,11-12,14H,4,7,10,13H2,1-2H3. The summed E-state index contributed by atoms with van der Waals surface area (Å²) in [7, 11) is 0. The Morgan fingerprint density at radius 1 is 1.08 bits per heavy atom. The molecule has 0 fully saturated rings. The fourth-order valence-corrected chi connectivity index (χ4v) is 4.26. The third-order valence-corrected chi connectivity index (χ3v) is 5.56. The summed E-state index contributed by atoms with van der Waals surface area (Å²) in [5.41, 5.74) is 7.90. The Hall–Kier alpha value is -2.13. The van der Waals surface area contributed by atoms with Crippen LogP contribution in [0.25, 0.3) is 10.6 Å². The van der Waals surface area contributed by atoms with E-state index in [4.69, 9.17) is 4.98 Å². The van der Waals surface area contributed by atoms with Crippen molar-refractivity contribution < 1.29 is 0 Å². The number of hydrogen-bond acceptors (Lipinski definition) is 3. The summed E-state index contributed by atoms with van der Waals surface area (Å²) in [4.78, 5) is 7.36. The lowest BCUT2D eigenvalue weighted by Crippen LogP contribution is -2.28. The second-order valence-corrected chi connectivity index (χ2v) is 7.53. The number of hydrogen-bond donors (Lipinski definition) is 0. The molecule has 0 atom stereocenters. The number of fused-ring (bicyclic) bond motifs is 1. The van der Waals surface area contributed by atoms with Gasteiger partial charge in [0.05, 0.1) is 12.2 Å². The lowest BCUT2D eigenvalue weighted by Gasteiger charge is -2.31. The van der Waals surface area contributed by atoms with Gasteiger partial charge in [-0.05, 0) is 44.4 Å². The monoisotopic (exact) mass is 334 g/mol. The van der Waals surface area contributed by atoms with Gasteiger partial charge in [-0.1, -0.05) is 41.5 Å².